The van der Waals surface area contributed by atoms with Gasteiger partial charge in [-0.2, -0.15) is 0 Å². The van der Waals surface area contributed by atoms with Crippen LogP contribution in [-0.2, 0) is 4.74 Å². The van der Waals surface area contributed by atoms with Crippen molar-refractivity contribution in [2.45, 2.75) is 18.9 Å². The zero-order valence-corrected chi connectivity index (χ0v) is 11.9. The Morgan fingerprint density at radius 1 is 1.29 bits per heavy atom. The maximum atomic E-state index is 6.05. The Labute approximate surface area is 122 Å². The van der Waals surface area contributed by atoms with Crippen molar-refractivity contribution < 1.29 is 18.7 Å². The van der Waals surface area contributed by atoms with Crippen molar-refractivity contribution in [1.29, 1.82) is 0 Å². The Hall–Kier alpha value is -2.21. The number of nitrogens with zero attached hydrogens (tertiary/aromatic N) is 1. The van der Waals surface area contributed by atoms with E-state index in [1.54, 1.807) is 13.2 Å². The van der Waals surface area contributed by atoms with Gasteiger partial charge >= 0.3 is 0 Å². The third-order valence-electron chi connectivity index (χ3n) is 3.45. The molecule has 1 saturated heterocycles. The second kappa shape index (κ2) is 6.05. The summed E-state index contributed by atoms with van der Waals surface area (Å²) in [6.07, 6.45) is 1.90. The Bertz CT molecular complexity index is 605. The molecular weight excluding hydrogens is 272 g/mol. The minimum Gasteiger partial charge on any atom is -0.492 e. The van der Waals surface area contributed by atoms with Gasteiger partial charge in [-0.25, -0.2) is 0 Å². The molecule has 0 amide bonds. The van der Waals surface area contributed by atoms with E-state index in [1.165, 1.54) is 0 Å². The molecule has 2 N–H and O–H groups in total. The average Bonchev–Trinajstić information content (AvgIpc) is 2.94. The number of para-hydroxylation sites is 1. The fraction of sp³-hybridized carbons (Fsp3) is 0.400. The number of nitrogen functional groups attached to an aromatic ring is 1. The number of rotatable bonds is 4. The number of nitrogens with two attached hydrogens (primary N) is 1. The summed E-state index contributed by atoms with van der Waals surface area (Å²) in [5.41, 5.74) is 7.00. The smallest absolute Gasteiger partial charge is 0.222 e. The van der Waals surface area contributed by atoms with Crippen LogP contribution in [0.5, 0.6) is 11.5 Å². The first-order chi connectivity index (χ1) is 10.3. The number of methoxy groups -OCH3 is 1. The van der Waals surface area contributed by atoms with Crippen molar-refractivity contribution in [3.63, 3.8) is 0 Å². The minimum atomic E-state index is 0.144. The maximum Gasteiger partial charge on any atom is 0.222 e. The molecule has 1 aromatic heterocycles. The van der Waals surface area contributed by atoms with Gasteiger partial charge in [0.1, 0.15) is 11.8 Å². The number of anilines is 1. The van der Waals surface area contributed by atoms with Crippen LogP contribution in [0, 0.1) is 0 Å². The maximum absolute atomic E-state index is 6.05. The quantitative estimate of drug-likeness (QED) is 0.932. The molecule has 0 saturated carbocycles. The normalized spacial score (nSPS) is 15.9. The predicted octanol–water partition coefficient (Wildman–Crippen LogP) is 2.49. The van der Waals surface area contributed by atoms with Gasteiger partial charge in [0.2, 0.25) is 5.88 Å². The van der Waals surface area contributed by atoms with Crippen LogP contribution < -0.4 is 15.2 Å². The lowest BCUT2D eigenvalue weighted by Gasteiger charge is -2.24. The van der Waals surface area contributed by atoms with Crippen LogP contribution in [0.15, 0.2) is 28.8 Å². The van der Waals surface area contributed by atoms with E-state index < -0.39 is 0 Å². The van der Waals surface area contributed by atoms with Crippen molar-refractivity contribution in [3.05, 3.63) is 24.3 Å². The van der Waals surface area contributed by atoms with E-state index in [9.17, 15) is 0 Å². The van der Waals surface area contributed by atoms with Gasteiger partial charge in [0.15, 0.2) is 11.5 Å². The van der Waals surface area contributed by atoms with E-state index in [0.717, 1.165) is 31.6 Å². The third kappa shape index (κ3) is 2.95. The van der Waals surface area contributed by atoms with Gasteiger partial charge in [-0.3, -0.25) is 0 Å². The zero-order chi connectivity index (χ0) is 14.7. The van der Waals surface area contributed by atoms with Gasteiger partial charge in [-0.15, -0.1) is 0 Å². The van der Waals surface area contributed by atoms with Crippen LogP contribution in [0.25, 0.3) is 11.3 Å². The highest BCUT2D eigenvalue weighted by molar-refractivity contribution is 5.72. The van der Waals surface area contributed by atoms with Crippen molar-refractivity contribution in [1.82, 2.24) is 5.16 Å². The summed E-state index contributed by atoms with van der Waals surface area (Å²) in [5, 5.41) is 3.93. The summed E-state index contributed by atoms with van der Waals surface area (Å²) < 4.78 is 21.8. The summed E-state index contributed by atoms with van der Waals surface area (Å²) in [6.45, 7) is 1.46. The van der Waals surface area contributed by atoms with E-state index >= 15 is 0 Å². The molecule has 3 rings (SSSR count). The molecule has 1 aliphatic rings. The molecule has 1 aromatic carbocycles. The van der Waals surface area contributed by atoms with Crippen LogP contribution in [0.2, 0.25) is 0 Å². The fourth-order valence-electron chi connectivity index (χ4n) is 2.41. The predicted molar refractivity (Wildman–Crippen MR) is 77.4 cm³/mol. The van der Waals surface area contributed by atoms with Gasteiger partial charge in [-0.05, 0) is 12.1 Å². The number of hydrogen-bond donors (Lipinski definition) is 1. The van der Waals surface area contributed by atoms with Gasteiger partial charge in [0, 0.05) is 24.5 Å². The lowest BCUT2D eigenvalue weighted by atomic mass is 10.1. The first-order valence-corrected chi connectivity index (χ1v) is 6.92. The molecule has 112 valence electrons. The summed E-state index contributed by atoms with van der Waals surface area (Å²) in [5.74, 6) is 1.60. The lowest BCUT2D eigenvalue weighted by molar-refractivity contribution is 0.0246. The molecule has 0 spiro atoms. The van der Waals surface area contributed by atoms with E-state index in [0.29, 0.717) is 17.2 Å². The van der Waals surface area contributed by atoms with Crippen LogP contribution in [0.3, 0.4) is 0 Å². The third-order valence-corrected chi connectivity index (χ3v) is 3.45. The van der Waals surface area contributed by atoms with Crippen LogP contribution in [0.4, 0.5) is 5.88 Å². The van der Waals surface area contributed by atoms with Gasteiger partial charge in [0.05, 0.1) is 20.3 Å². The minimum absolute atomic E-state index is 0.144. The molecule has 0 bridgehead atoms. The summed E-state index contributed by atoms with van der Waals surface area (Å²) >= 11 is 0. The van der Waals surface area contributed by atoms with Gasteiger partial charge < -0.3 is 24.5 Å². The fourth-order valence-corrected chi connectivity index (χ4v) is 2.41. The molecule has 6 heteroatoms. The molecule has 6 nitrogen and oxygen atoms in total. The first-order valence-electron chi connectivity index (χ1n) is 6.92. The molecule has 0 aliphatic carbocycles. The zero-order valence-electron chi connectivity index (χ0n) is 11.9. The Balaban J connectivity index is 1.90. The first kappa shape index (κ1) is 13.8. The molecule has 1 fully saturated rings. The van der Waals surface area contributed by atoms with E-state index in [2.05, 4.69) is 5.16 Å². The molecule has 21 heavy (non-hydrogen) atoms. The monoisotopic (exact) mass is 290 g/mol. The topological polar surface area (TPSA) is 79.7 Å². The number of benzene rings is 1. The Morgan fingerprint density at radius 3 is 2.76 bits per heavy atom. The molecule has 0 atom stereocenters. The second-order valence-electron chi connectivity index (χ2n) is 4.88. The molecule has 0 unspecified atom stereocenters. The van der Waals surface area contributed by atoms with E-state index in [1.807, 2.05) is 18.2 Å². The standard InChI is InChI=1S/C15H18N2O4/c1-18-15-11(12-9-14(16)21-17-12)3-2-4-13(15)20-10-5-7-19-8-6-10/h2-4,9-10H,5-8,16H2,1H3. The number of hydrogen-bond acceptors (Lipinski definition) is 6. The Kier molecular flexibility index (Phi) is 3.96. The van der Waals surface area contributed by atoms with Gasteiger partial charge in [-0.1, -0.05) is 11.2 Å². The lowest BCUT2D eigenvalue weighted by Crippen LogP contribution is -2.26. The largest absolute Gasteiger partial charge is 0.492 e. The highest BCUT2D eigenvalue weighted by Crippen LogP contribution is 2.38. The van der Waals surface area contributed by atoms with Crippen molar-refractivity contribution in [2.24, 2.45) is 0 Å². The van der Waals surface area contributed by atoms with Crippen molar-refractivity contribution in [3.8, 4) is 22.8 Å². The molecule has 2 aromatic rings. The number of ether oxygens (including phenoxy) is 3. The summed E-state index contributed by atoms with van der Waals surface area (Å²) in [6, 6.07) is 7.35. The number of aromatic nitrogens is 1. The van der Waals surface area contributed by atoms with Crippen molar-refractivity contribution >= 4 is 5.88 Å². The average molecular weight is 290 g/mol. The van der Waals surface area contributed by atoms with Crippen LogP contribution in [0.1, 0.15) is 12.8 Å². The van der Waals surface area contributed by atoms with E-state index in [4.69, 9.17) is 24.5 Å². The summed E-state index contributed by atoms with van der Waals surface area (Å²) in [7, 11) is 1.61. The SMILES string of the molecule is COc1c(OC2CCOCC2)cccc1-c1cc(N)on1. The molecule has 2 heterocycles. The molecule has 1 aliphatic heterocycles. The summed E-state index contributed by atoms with van der Waals surface area (Å²) in [4.78, 5) is 0. The highest BCUT2D eigenvalue weighted by atomic mass is 16.5. The van der Waals surface area contributed by atoms with Crippen LogP contribution >= 0.6 is 0 Å². The van der Waals surface area contributed by atoms with E-state index in [-0.39, 0.29) is 12.0 Å². The highest BCUT2D eigenvalue weighted by Gasteiger charge is 2.20. The molecule has 0 radical (unpaired) electrons. The van der Waals surface area contributed by atoms with Gasteiger partial charge in [0.25, 0.3) is 0 Å². The van der Waals surface area contributed by atoms with Crippen LogP contribution in [-0.4, -0.2) is 31.6 Å². The van der Waals surface area contributed by atoms with Crippen molar-refractivity contribution in [2.75, 3.05) is 26.1 Å². The second-order valence-corrected chi connectivity index (χ2v) is 4.88. The molecular formula is C15H18N2O4. The Morgan fingerprint density at radius 2 is 2.10 bits per heavy atom.